The van der Waals surface area contributed by atoms with Crippen LogP contribution >= 0.6 is 0 Å². The maximum atomic E-state index is 12.5. The van der Waals surface area contributed by atoms with Gasteiger partial charge in [0.05, 0.1) is 5.92 Å². The van der Waals surface area contributed by atoms with Crippen molar-refractivity contribution in [3.05, 3.63) is 0 Å². The maximum absolute atomic E-state index is 12.5. The molecule has 2 bridgehead atoms. The fourth-order valence-electron chi connectivity index (χ4n) is 3.52. The second-order valence-corrected chi connectivity index (χ2v) is 6.21. The van der Waals surface area contributed by atoms with Crippen LogP contribution in [0.5, 0.6) is 0 Å². The standard InChI is InChI=1S/C14H24N2O3/c1-8(9(2)15)14(19)16-11-3-4-12(16)6-10(5-11)7-13(17)18/h8-12H,3-7,15H2,1-2H3,(H,17,18). The molecular weight excluding hydrogens is 244 g/mol. The van der Waals surface area contributed by atoms with E-state index in [1.54, 1.807) is 0 Å². The molecule has 5 heteroatoms. The third kappa shape index (κ3) is 2.91. The fraction of sp³-hybridized carbons (Fsp3) is 0.857. The Labute approximate surface area is 114 Å². The summed E-state index contributed by atoms with van der Waals surface area (Å²) in [5, 5.41) is 8.90. The summed E-state index contributed by atoms with van der Waals surface area (Å²) >= 11 is 0. The van der Waals surface area contributed by atoms with Gasteiger partial charge in [0, 0.05) is 24.5 Å². The van der Waals surface area contributed by atoms with E-state index in [0.29, 0.717) is 0 Å². The highest BCUT2D eigenvalue weighted by atomic mass is 16.4. The first-order chi connectivity index (χ1) is 8.90. The van der Waals surface area contributed by atoms with Crippen LogP contribution in [0.3, 0.4) is 0 Å². The number of carbonyl (C=O) groups excluding carboxylic acids is 1. The number of piperidine rings is 1. The van der Waals surface area contributed by atoms with Crippen molar-refractivity contribution < 1.29 is 14.7 Å². The highest BCUT2D eigenvalue weighted by Gasteiger charge is 2.44. The number of carbonyl (C=O) groups is 2. The molecule has 2 saturated heterocycles. The number of amides is 1. The van der Waals surface area contributed by atoms with Crippen molar-refractivity contribution in [2.45, 2.75) is 64.1 Å². The lowest BCUT2D eigenvalue weighted by molar-refractivity contribution is -0.142. The van der Waals surface area contributed by atoms with Crippen LogP contribution in [0.4, 0.5) is 0 Å². The third-order valence-electron chi connectivity index (χ3n) is 4.73. The first-order valence-electron chi connectivity index (χ1n) is 7.19. The second-order valence-electron chi connectivity index (χ2n) is 6.21. The number of fused-ring (bicyclic) bond motifs is 2. The summed E-state index contributed by atoms with van der Waals surface area (Å²) in [5.74, 6) is -0.506. The molecule has 5 nitrogen and oxygen atoms in total. The molecule has 2 fully saturated rings. The number of aliphatic carboxylic acids is 1. The predicted molar refractivity (Wildman–Crippen MR) is 71.4 cm³/mol. The van der Waals surface area contributed by atoms with E-state index in [1.807, 2.05) is 18.7 Å². The molecule has 3 N–H and O–H groups in total. The molecule has 0 radical (unpaired) electrons. The van der Waals surface area contributed by atoms with E-state index < -0.39 is 5.97 Å². The Balaban J connectivity index is 2.03. The number of carboxylic acid groups (broad SMARTS) is 1. The molecule has 0 aromatic carbocycles. The molecule has 108 valence electrons. The molecule has 1 amide bonds. The minimum absolute atomic E-state index is 0.136. The SMILES string of the molecule is CC(N)C(C)C(=O)N1C2CCC1CC(CC(=O)O)C2. The van der Waals surface area contributed by atoms with E-state index in [4.69, 9.17) is 10.8 Å². The van der Waals surface area contributed by atoms with Gasteiger partial charge in [-0.1, -0.05) is 6.92 Å². The first kappa shape index (κ1) is 14.3. The van der Waals surface area contributed by atoms with Gasteiger partial charge in [-0.2, -0.15) is 0 Å². The predicted octanol–water partition coefficient (Wildman–Crippen LogP) is 1.21. The lowest BCUT2D eigenvalue weighted by Gasteiger charge is -2.40. The van der Waals surface area contributed by atoms with Crippen LogP contribution < -0.4 is 5.73 Å². The van der Waals surface area contributed by atoms with Gasteiger partial charge in [-0.3, -0.25) is 9.59 Å². The van der Waals surface area contributed by atoms with Crippen LogP contribution in [0, 0.1) is 11.8 Å². The maximum Gasteiger partial charge on any atom is 0.303 e. The average molecular weight is 268 g/mol. The van der Waals surface area contributed by atoms with Gasteiger partial charge in [0.25, 0.3) is 0 Å². The zero-order valence-corrected chi connectivity index (χ0v) is 11.7. The number of rotatable bonds is 4. The van der Waals surface area contributed by atoms with Crippen molar-refractivity contribution in [2.75, 3.05) is 0 Å². The molecular formula is C14H24N2O3. The topological polar surface area (TPSA) is 83.6 Å². The summed E-state index contributed by atoms with van der Waals surface area (Å²) in [5.41, 5.74) is 5.82. The fourth-order valence-corrected chi connectivity index (χ4v) is 3.52. The Morgan fingerprint density at radius 3 is 2.21 bits per heavy atom. The minimum Gasteiger partial charge on any atom is -0.481 e. The summed E-state index contributed by atoms with van der Waals surface area (Å²) in [7, 11) is 0. The van der Waals surface area contributed by atoms with Crippen LogP contribution in [-0.2, 0) is 9.59 Å². The van der Waals surface area contributed by atoms with Gasteiger partial charge in [-0.15, -0.1) is 0 Å². The minimum atomic E-state index is -0.729. The molecule has 2 aliphatic heterocycles. The van der Waals surface area contributed by atoms with Gasteiger partial charge in [-0.05, 0) is 38.5 Å². The molecule has 2 aliphatic rings. The lowest BCUT2D eigenvalue weighted by atomic mass is 9.87. The molecule has 0 aromatic heterocycles. The smallest absolute Gasteiger partial charge is 0.303 e. The van der Waals surface area contributed by atoms with Crippen molar-refractivity contribution in [1.29, 1.82) is 0 Å². The van der Waals surface area contributed by atoms with Crippen LogP contribution in [0.2, 0.25) is 0 Å². The van der Waals surface area contributed by atoms with E-state index in [1.165, 1.54) is 0 Å². The van der Waals surface area contributed by atoms with Crippen LogP contribution in [0.1, 0.15) is 46.0 Å². The molecule has 2 rings (SSSR count). The molecule has 4 unspecified atom stereocenters. The zero-order valence-electron chi connectivity index (χ0n) is 11.7. The van der Waals surface area contributed by atoms with Crippen molar-refractivity contribution in [2.24, 2.45) is 17.6 Å². The first-order valence-corrected chi connectivity index (χ1v) is 7.19. The quantitative estimate of drug-likeness (QED) is 0.803. The van der Waals surface area contributed by atoms with Crippen LogP contribution in [0.25, 0.3) is 0 Å². The Morgan fingerprint density at radius 1 is 1.26 bits per heavy atom. The Kier molecular flexibility index (Phi) is 4.13. The number of carboxylic acids is 1. The van der Waals surface area contributed by atoms with Crippen LogP contribution in [-0.4, -0.2) is 40.0 Å². The second kappa shape index (κ2) is 5.49. The largest absolute Gasteiger partial charge is 0.481 e. The Bertz CT molecular complexity index is 356. The lowest BCUT2D eigenvalue weighted by Crippen LogP contribution is -2.51. The molecule has 19 heavy (non-hydrogen) atoms. The number of nitrogens with zero attached hydrogens (tertiary/aromatic N) is 1. The molecule has 2 heterocycles. The molecule has 0 spiro atoms. The molecule has 0 aliphatic carbocycles. The van der Waals surface area contributed by atoms with Crippen molar-refractivity contribution >= 4 is 11.9 Å². The van der Waals surface area contributed by atoms with Gasteiger partial charge < -0.3 is 15.7 Å². The van der Waals surface area contributed by atoms with E-state index in [2.05, 4.69) is 0 Å². The highest BCUT2D eigenvalue weighted by Crippen LogP contribution is 2.40. The molecule has 4 atom stereocenters. The summed E-state index contributed by atoms with van der Waals surface area (Å²) < 4.78 is 0. The van der Waals surface area contributed by atoms with Crippen molar-refractivity contribution in [3.8, 4) is 0 Å². The summed E-state index contributed by atoms with van der Waals surface area (Å²) in [6.07, 6.45) is 3.93. The van der Waals surface area contributed by atoms with Crippen LogP contribution in [0.15, 0.2) is 0 Å². The Hall–Kier alpha value is -1.10. The summed E-state index contributed by atoms with van der Waals surface area (Å²) in [4.78, 5) is 25.3. The number of hydrogen-bond acceptors (Lipinski definition) is 3. The van der Waals surface area contributed by atoms with E-state index in [-0.39, 0.29) is 42.3 Å². The van der Waals surface area contributed by atoms with Crippen molar-refractivity contribution in [3.63, 3.8) is 0 Å². The Morgan fingerprint density at radius 2 is 1.79 bits per heavy atom. The van der Waals surface area contributed by atoms with E-state index >= 15 is 0 Å². The highest BCUT2D eigenvalue weighted by molar-refractivity contribution is 5.80. The van der Waals surface area contributed by atoms with Gasteiger partial charge in [0.2, 0.25) is 5.91 Å². The normalized spacial score (nSPS) is 33.0. The summed E-state index contributed by atoms with van der Waals surface area (Å²) in [6, 6.07) is 0.331. The third-order valence-corrected chi connectivity index (χ3v) is 4.73. The number of hydrogen-bond donors (Lipinski definition) is 2. The number of nitrogens with two attached hydrogens (primary N) is 1. The van der Waals surface area contributed by atoms with Gasteiger partial charge in [0.15, 0.2) is 0 Å². The average Bonchev–Trinajstić information content (AvgIpc) is 2.58. The van der Waals surface area contributed by atoms with Crippen molar-refractivity contribution in [1.82, 2.24) is 4.90 Å². The summed E-state index contributed by atoms with van der Waals surface area (Å²) in [6.45, 7) is 3.75. The van der Waals surface area contributed by atoms with E-state index in [9.17, 15) is 9.59 Å². The zero-order chi connectivity index (χ0) is 14.2. The van der Waals surface area contributed by atoms with Gasteiger partial charge in [0.1, 0.15) is 0 Å². The molecule has 0 aromatic rings. The van der Waals surface area contributed by atoms with Gasteiger partial charge in [-0.25, -0.2) is 0 Å². The molecule has 0 saturated carbocycles. The monoisotopic (exact) mass is 268 g/mol. The van der Waals surface area contributed by atoms with Gasteiger partial charge >= 0.3 is 5.97 Å². The van der Waals surface area contributed by atoms with E-state index in [0.717, 1.165) is 25.7 Å².